The fraction of sp³-hybridized carbons (Fsp3) is 0.0769. The number of aromatic nitrogens is 1. The van der Waals surface area contributed by atoms with Gasteiger partial charge >= 0.3 is 5.97 Å². The average molecular weight is 327 g/mol. The lowest BCUT2D eigenvalue weighted by Gasteiger charge is -2.15. The van der Waals surface area contributed by atoms with E-state index < -0.39 is 22.0 Å². The van der Waals surface area contributed by atoms with E-state index in [1.54, 1.807) is 18.2 Å². The Bertz CT molecular complexity index is 750. The van der Waals surface area contributed by atoms with Gasteiger partial charge in [0.1, 0.15) is 16.1 Å². The van der Waals surface area contributed by atoms with E-state index in [0.717, 1.165) is 0 Å². The molecule has 110 valence electrons. The maximum atomic E-state index is 12.2. The molecule has 21 heavy (non-hydrogen) atoms. The van der Waals surface area contributed by atoms with E-state index in [0.29, 0.717) is 5.56 Å². The van der Waals surface area contributed by atoms with E-state index in [1.807, 2.05) is 0 Å². The summed E-state index contributed by atoms with van der Waals surface area (Å²) in [5.41, 5.74) is 0.314. The number of carbonyl (C=O) groups is 1. The smallest absolute Gasteiger partial charge is 0.326 e. The van der Waals surface area contributed by atoms with Crippen LogP contribution >= 0.6 is 11.6 Å². The second-order valence-corrected chi connectivity index (χ2v) is 6.14. The quantitative estimate of drug-likeness (QED) is 0.817. The Morgan fingerprint density at radius 3 is 2.43 bits per heavy atom. The number of nitrogens with zero attached hydrogens (tertiary/aromatic N) is 1. The molecule has 6 nitrogen and oxygen atoms in total. The first-order chi connectivity index (χ1) is 9.92. The normalized spacial score (nSPS) is 12.8. The van der Waals surface area contributed by atoms with Gasteiger partial charge in [0.2, 0.25) is 10.0 Å². The molecule has 0 spiro atoms. The van der Waals surface area contributed by atoms with Gasteiger partial charge in [-0.2, -0.15) is 4.72 Å². The third-order valence-corrected chi connectivity index (χ3v) is 4.53. The van der Waals surface area contributed by atoms with Crippen LogP contribution in [0.15, 0.2) is 53.6 Å². The van der Waals surface area contributed by atoms with Crippen LogP contribution in [0.25, 0.3) is 0 Å². The van der Waals surface area contributed by atoms with Crippen molar-refractivity contribution in [1.82, 2.24) is 9.71 Å². The van der Waals surface area contributed by atoms with Gasteiger partial charge in [0, 0.05) is 6.20 Å². The molecule has 0 aliphatic carbocycles. The van der Waals surface area contributed by atoms with Crippen molar-refractivity contribution in [3.8, 4) is 0 Å². The zero-order valence-corrected chi connectivity index (χ0v) is 12.2. The zero-order valence-electron chi connectivity index (χ0n) is 10.6. The minimum atomic E-state index is -4.11. The average Bonchev–Trinajstić information content (AvgIpc) is 2.46. The van der Waals surface area contributed by atoms with Crippen LogP contribution in [-0.4, -0.2) is 24.5 Å². The second-order valence-electron chi connectivity index (χ2n) is 4.10. The monoisotopic (exact) mass is 326 g/mol. The van der Waals surface area contributed by atoms with Gasteiger partial charge in [0.15, 0.2) is 0 Å². The maximum absolute atomic E-state index is 12.2. The highest BCUT2D eigenvalue weighted by Gasteiger charge is 2.28. The van der Waals surface area contributed by atoms with Gasteiger partial charge in [0.25, 0.3) is 0 Å². The third kappa shape index (κ3) is 3.57. The van der Waals surface area contributed by atoms with Crippen molar-refractivity contribution < 1.29 is 18.3 Å². The topological polar surface area (TPSA) is 96.4 Å². The third-order valence-electron chi connectivity index (χ3n) is 2.67. The van der Waals surface area contributed by atoms with E-state index in [9.17, 15) is 18.3 Å². The Kier molecular flexibility index (Phi) is 4.56. The van der Waals surface area contributed by atoms with E-state index in [4.69, 9.17) is 11.6 Å². The first kappa shape index (κ1) is 15.4. The van der Waals surface area contributed by atoms with E-state index in [2.05, 4.69) is 9.71 Å². The van der Waals surface area contributed by atoms with Crippen LogP contribution in [0.3, 0.4) is 0 Å². The molecule has 0 amide bonds. The second kappa shape index (κ2) is 6.21. The molecule has 0 bridgehead atoms. The van der Waals surface area contributed by atoms with E-state index in [1.165, 1.54) is 30.5 Å². The zero-order chi connectivity index (χ0) is 15.5. The van der Waals surface area contributed by atoms with Gasteiger partial charge in [0.05, 0.1) is 0 Å². The van der Waals surface area contributed by atoms with Crippen LogP contribution < -0.4 is 4.72 Å². The highest BCUT2D eigenvalue weighted by atomic mass is 35.5. The van der Waals surface area contributed by atoms with Crippen molar-refractivity contribution in [2.75, 3.05) is 0 Å². The highest BCUT2D eigenvalue weighted by Crippen LogP contribution is 2.21. The van der Waals surface area contributed by atoms with Crippen molar-refractivity contribution in [3.05, 3.63) is 59.4 Å². The summed E-state index contributed by atoms with van der Waals surface area (Å²) >= 11 is 5.74. The van der Waals surface area contributed by atoms with Gasteiger partial charge in [-0.15, -0.1) is 0 Å². The summed E-state index contributed by atoms with van der Waals surface area (Å²) in [7, 11) is -4.11. The molecule has 0 radical (unpaired) electrons. The van der Waals surface area contributed by atoms with Crippen LogP contribution in [0, 0.1) is 0 Å². The predicted molar refractivity (Wildman–Crippen MR) is 76.4 cm³/mol. The molecule has 0 unspecified atom stereocenters. The summed E-state index contributed by atoms with van der Waals surface area (Å²) < 4.78 is 26.6. The Balaban J connectivity index is 2.38. The minimum Gasteiger partial charge on any atom is -0.480 e. The molecule has 2 N–H and O–H groups in total. The molecule has 2 aromatic rings. The number of carboxylic acids is 1. The number of benzene rings is 1. The van der Waals surface area contributed by atoms with Crippen molar-refractivity contribution in [2.45, 2.75) is 10.9 Å². The lowest BCUT2D eigenvalue weighted by Crippen LogP contribution is -2.34. The fourth-order valence-corrected chi connectivity index (χ4v) is 3.33. The molecule has 0 fully saturated rings. The summed E-state index contributed by atoms with van der Waals surface area (Å²) in [6.07, 6.45) is 1.34. The molecule has 8 heteroatoms. The summed E-state index contributed by atoms with van der Waals surface area (Å²) in [5.74, 6) is -1.32. The molecule has 1 aromatic heterocycles. The summed E-state index contributed by atoms with van der Waals surface area (Å²) in [6, 6.07) is 9.23. The van der Waals surface area contributed by atoms with Gasteiger partial charge in [-0.05, 0) is 17.7 Å². The molecule has 0 saturated carbocycles. The summed E-state index contributed by atoms with van der Waals surface area (Å²) in [5, 5.41) is 9.01. The Labute approximate surface area is 126 Å². The van der Waals surface area contributed by atoms with E-state index >= 15 is 0 Å². The highest BCUT2D eigenvalue weighted by molar-refractivity contribution is 7.89. The number of aliphatic carboxylic acids is 1. The molecule has 0 saturated heterocycles. The molecular formula is C13H11ClN2O4S. The molecule has 1 aromatic carbocycles. The predicted octanol–water partition coefficient (Wildman–Crippen LogP) is 1.84. The van der Waals surface area contributed by atoms with Crippen molar-refractivity contribution in [1.29, 1.82) is 0 Å². The number of rotatable bonds is 5. The van der Waals surface area contributed by atoms with Gasteiger partial charge in [-0.1, -0.05) is 41.9 Å². The van der Waals surface area contributed by atoms with Crippen LogP contribution in [0.4, 0.5) is 0 Å². The molecule has 1 heterocycles. The van der Waals surface area contributed by atoms with Crippen LogP contribution in [0.5, 0.6) is 0 Å². The van der Waals surface area contributed by atoms with Crippen LogP contribution in [0.2, 0.25) is 5.15 Å². The molecule has 0 aliphatic rings. The van der Waals surface area contributed by atoms with Gasteiger partial charge < -0.3 is 5.11 Å². The minimum absolute atomic E-state index is 0.220. The summed E-state index contributed by atoms with van der Waals surface area (Å²) in [6.45, 7) is 0. The lowest BCUT2D eigenvalue weighted by atomic mass is 10.1. The first-order valence-electron chi connectivity index (χ1n) is 5.82. The molecular weight excluding hydrogens is 316 g/mol. The Hall–Kier alpha value is -1.96. The molecule has 1 atom stereocenters. The lowest BCUT2D eigenvalue weighted by molar-refractivity contribution is -0.139. The van der Waals surface area contributed by atoms with E-state index in [-0.39, 0.29) is 10.0 Å². The number of carboxylic acid groups (broad SMARTS) is 1. The Morgan fingerprint density at radius 2 is 1.86 bits per heavy atom. The van der Waals surface area contributed by atoms with Gasteiger partial charge in [-0.25, -0.2) is 13.4 Å². The number of sulfonamides is 1. The fourth-order valence-electron chi connectivity index (χ4n) is 1.70. The SMILES string of the molecule is O=C(O)[C@H](NS(=O)(=O)c1cccnc1Cl)c1ccccc1. The number of nitrogens with one attached hydrogen (secondary N) is 1. The number of hydrogen-bond acceptors (Lipinski definition) is 4. The Morgan fingerprint density at radius 1 is 1.19 bits per heavy atom. The molecule has 2 rings (SSSR count). The van der Waals surface area contributed by atoms with Crippen LogP contribution in [0.1, 0.15) is 11.6 Å². The maximum Gasteiger partial charge on any atom is 0.326 e. The standard InChI is InChI=1S/C13H11ClN2O4S/c14-12-10(7-4-8-15-12)21(19,20)16-11(13(17)18)9-5-2-1-3-6-9/h1-8,11,16H,(H,17,18)/t11-/m1/s1. The van der Waals surface area contributed by atoms with Crippen molar-refractivity contribution in [2.24, 2.45) is 0 Å². The van der Waals surface area contributed by atoms with Crippen molar-refractivity contribution >= 4 is 27.6 Å². The van der Waals surface area contributed by atoms with Crippen LogP contribution in [-0.2, 0) is 14.8 Å². The molecule has 0 aliphatic heterocycles. The van der Waals surface area contributed by atoms with Crippen molar-refractivity contribution in [3.63, 3.8) is 0 Å². The largest absolute Gasteiger partial charge is 0.480 e. The first-order valence-corrected chi connectivity index (χ1v) is 7.68. The summed E-state index contributed by atoms with van der Waals surface area (Å²) in [4.78, 5) is 14.7. The number of hydrogen-bond donors (Lipinski definition) is 2. The number of halogens is 1. The van der Waals surface area contributed by atoms with Gasteiger partial charge in [-0.3, -0.25) is 4.79 Å². The number of pyridine rings is 1.